The van der Waals surface area contributed by atoms with Crippen molar-refractivity contribution < 1.29 is 5.11 Å². The quantitative estimate of drug-likeness (QED) is 0.428. The molecule has 5 nitrogen and oxygen atoms in total. The largest absolute Gasteiger partial charge is 0.375 e. The molecule has 2 spiro atoms. The first-order valence-electron chi connectivity index (χ1n) is 16.8. The average Bonchev–Trinajstić information content (AvgIpc) is 3.73. The monoisotopic (exact) mass is 568 g/mol. The van der Waals surface area contributed by atoms with Crippen molar-refractivity contribution in [1.29, 1.82) is 0 Å². The highest BCUT2D eigenvalue weighted by atomic mass is 16.3. The van der Waals surface area contributed by atoms with Crippen molar-refractivity contribution in [2.45, 2.75) is 74.2 Å². The van der Waals surface area contributed by atoms with Crippen molar-refractivity contribution in [3.8, 4) is 0 Å². The average molecular weight is 569 g/mol. The number of allylic oxidation sites excluding steroid dienone is 2. The molecule has 9 aliphatic rings. The molecule has 2 aliphatic carbocycles. The van der Waals surface area contributed by atoms with E-state index < -0.39 is 5.72 Å². The summed E-state index contributed by atoms with van der Waals surface area (Å²) in [6.07, 6.45) is 14.3. The molecule has 0 radical (unpaired) electrons. The molecule has 11 rings (SSSR count). The molecule has 218 valence electrons. The number of anilines is 2. The number of hydrogen-bond acceptors (Lipinski definition) is 5. The lowest BCUT2D eigenvalue weighted by Crippen LogP contribution is -2.69. The van der Waals surface area contributed by atoms with Gasteiger partial charge in [-0.05, 0) is 74.1 Å². The van der Waals surface area contributed by atoms with Crippen LogP contribution in [0.4, 0.5) is 11.4 Å². The Hall–Kier alpha value is -3.12. The topological polar surface area (TPSA) is 33.2 Å². The van der Waals surface area contributed by atoms with E-state index in [1.807, 2.05) is 0 Å². The molecule has 8 unspecified atom stereocenters. The molecule has 0 amide bonds. The Bertz CT molecular complexity index is 1770. The molecule has 4 saturated heterocycles. The van der Waals surface area contributed by atoms with E-state index in [9.17, 15) is 5.11 Å². The van der Waals surface area contributed by atoms with Gasteiger partial charge < -0.3 is 14.9 Å². The number of rotatable bonds is 0. The highest BCUT2D eigenvalue weighted by molar-refractivity contribution is 5.77. The van der Waals surface area contributed by atoms with Gasteiger partial charge in [0.05, 0.1) is 17.5 Å². The lowest BCUT2D eigenvalue weighted by Gasteiger charge is -2.60. The minimum Gasteiger partial charge on any atom is -0.375 e. The van der Waals surface area contributed by atoms with E-state index in [-0.39, 0.29) is 22.8 Å². The molecular weight excluding hydrogens is 528 g/mol. The summed E-state index contributed by atoms with van der Waals surface area (Å²) in [5.74, 6) is 0.725. The van der Waals surface area contributed by atoms with Crippen LogP contribution >= 0.6 is 0 Å². The van der Waals surface area contributed by atoms with Crippen LogP contribution in [0.5, 0.6) is 0 Å². The summed E-state index contributed by atoms with van der Waals surface area (Å²) in [7, 11) is 0. The summed E-state index contributed by atoms with van der Waals surface area (Å²) >= 11 is 0. The summed E-state index contributed by atoms with van der Waals surface area (Å²) < 4.78 is 0. The lowest BCUT2D eigenvalue weighted by atomic mass is 9.55. The Labute approximate surface area is 254 Å². The summed E-state index contributed by atoms with van der Waals surface area (Å²) in [5.41, 5.74) is 10.9. The van der Waals surface area contributed by atoms with Crippen LogP contribution < -0.4 is 9.80 Å². The van der Waals surface area contributed by atoms with Crippen LogP contribution in [0, 0.1) is 11.8 Å². The predicted octanol–water partition coefficient (Wildman–Crippen LogP) is 5.45. The number of aliphatic hydroxyl groups is 1. The van der Waals surface area contributed by atoms with E-state index in [1.54, 1.807) is 16.7 Å². The second kappa shape index (κ2) is 7.56. The van der Waals surface area contributed by atoms with E-state index in [0.717, 1.165) is 32.5 Å². The van der Waals surface area contributed by atoms with Crippen LogP contribution in [0.25, 0.3) is 0 Å². The fourth-order valence-electron chi connectivity index (χ4n) is 12.5. The van der Waals surface area contributed by atoms with Crippen LogP contribution in [0.2, 0.25) is 0 Å². The Balaban J connectivity index is 1.26. The number of nitrogens with zero attached hydrogens (tertiary/aromatic N) is 4. The number of fused-ring (bicyclic) bond motifs is 8. The van der Waals surface area contributed by atoms with Gasteiger partial charge in [-0.1, -0.05) is 59.7 Å². The number of hydrogen-bond donors (Lipinski definition) is 1. The van der Waals surface area contributed by atoms with Crippen molar-refractivity contribution in [3.63, 3.8) is 0 Å². The fourth-order valence-corrected chi connectivity index (χ4v) is 12.5. The molecule has 2 saturated carbocycles. The second-order valence-corrected chi connectivity index (χ2v) is 14.9. The third-order valence-corrected chi connectivity index (χ3v) is 14.1. The zero-order chi connectivity index (χ0) is 28.5. The molecule has 43 heavy (non-hydrogen) atoms. The first kappa shape index (κ1) is 24.2. The zero-order valence-corrected chi connectivity index (χ0v) is 25.2. The third kappa shape index (κ3) is 2.39. The van der Waals surface area contributed by atoms with Gasteiger partial charge in [-0.25, -0.2) is 0 Å². The zero-order valence-electron chi connectivity index (χ0n) is 25.2. The molecule has 2 aromatic rings. The van der Waals surface area contributed by atoms with Gasteiger partial charge in [0.15, 0.2) is 0 Å². The fraction of sp³-hybridized carbons (Fsp3) is 0.474. The van der Waals surface area contributed by atoms with Crippen molar-refractivity contribution in [2.24, 2.45) is 11.8 Å². The maximum Gasteiger partial charge on any atom is 0.131 e. The number of benzene rings is 2. The third-order valence-electron chi connectivity index (χ3n) is 14.1. The first-order valence-corrected chi connectivity index (χ1v) is 16.8. The number of para-hydroxylation sites is 2. The highest BCUT2D eigenvalue weighted by Gasteiger charge is 2.74. The van der Waals surface area contributed by atoms with Crippen LogP contribution in [0.3, 0.4) is 0 Å². The van der Waals surface area contributed by atoms with Crippen LogP contribution in [-0.2, 0) is 10.8 Å². The molecular formula is C38H40N4O. The van der Waals surface area contributed by atoms with Gasteiger partial charge in [-0.15, -0.1) is 0 Å². The van der Waals surface area contributed by atoms with Crippen LogP contribution in [0.1, 0.15) is 50.7 Å². The van der Waals surface area contributed by atoms with Gasteiger partial charge in [-0.2, -0.15) is 0 Å². The minimum atomic E-state index is -0.832. The molecule has 4 bridgehead atoms. The van der Waals surface area contributed by atoms with Crippen LogP contribution in [0.15, 0.2) is 95.4 Å². The van der Waals surface area contributed by atoms with Crippen molar-refractivity contribution in [2.75, 3.05) is 36.0 Å². The molecule has 6 fully saturated rings. The Morgan fingerprint density at radius 1 is 0.767 bits per heavy atom. The molecule has 7 aliphatic heterocycles. The standard InChI is InChI=1S/C38H40N4O/c1-3-23-19-39-15-13-36-29-9-5-7-11-31(29)41-22-28-26-18-38(43)37(14-16-40(38)20-24(26)4-2)30-10-6-8-12-32(30)42(35(28)37)21-27(34(36)41)25(23)17-33(36)39/h3-12,21-22,25-26,33-35,43H,13-20H2,1-2H3/b23-3+,24-4-,27-21-,28-22-. The van der Waals surface area contributed by atoms with Gasteiger partial charge in [0.2, 0.25) is 0 Å². The normalized spacial score (nSPS) is 46.9. The SMILES string of the molecule is C/C=C1\CN2CCC34c5ccccc5N5/C=C6/C7CC8(O)N(CCC89c8ccccc8N(/C=C(/C1CC23)C54)C69)C/C7=C/C. The van der Waals surface area contributed by atoms with Crippen molar-refractivity contribution in [3.05, 3.63) is 107 Å². The predicted molar refractivity (Wildman–Crippen MR) is 170 cm³/mol. The lowest BCUT2D eigenvalue weighted by molar-refractivity contribution is -0.157. The molecule has 5 heteroatoms. The molecule has 8 atom stereocenters. The Morgan fingerprint density at radius 3 is 2.23 bits per heavy atom. The number of piperidine rings is 2. The molecule has 0 aromatic heterocycles. The maximum absolute atomic E-state index is 13.0. The van der Waals surface area contributed by atoms with Gasteiger partial charge in [-0.3, -0.25) is 9.80 Å². The first-order chi connectivity index (χ1) is 21.0. The van der Waals surface area contributed by atoms with Crippen molar-refractivity contribution >= 4 is 11.4 Å². The molecule has 1 N–H and O–H groups in total. The van der Waals surface area contributed by atoms with Crippen LogP contribution in [-0.4, -0.2) is 64.9 Å². The van der Waals surface area contributed by atoms with Crippen molar-refractivity contribution in [1.82, 2.24) is 9.80 Å². The summed E-state index contributed by atoms with van der Waals surface area (Å²) in [6.45, 7) is 8.59. The molecule has 7 heterocycles. The summed E-state index contributed by atoms with van der Waals surface area (Å²) in [4.78, 5) is 10.7. The smallest absolute Gasteiger partial charge is 0.131 e. The summed E-state index contributed by atoms with van der Waals surface area (Å²) in [5, 5.41) is 13.0. The van der Waals surface area contributed by atoms with Gasteiger partial charge >= 0.3 is 0 Å². The van der Waals surface area contributed by atoms with E-state index in [4.69, 9.17) is 0 Å². The van der Waals surface area contributed by atoms with Gasteiger partial charge in [0.1, 0.15) is 5.72 Å². The van der Waals surface area contributed by atoms with E-state index >= 15 is 0 Å². The second-order valence-electron chi connectivity index (χ2n) is 14.9. The Morgan fingerprint density at radius 2 is 1.44 bits per heavy atom. The van der Waals surface area contributed by atoms with Gasteiger partial charge in [0.25, 0.3) is 0 Å². The van der Waals surface area contributed by atoms with E-state index in [0.29, 0.717) is 18.0 Å². The Kier molecular flexibility index (Phi) is 4.26. The summed E-state index contributed by atoms with van der Waals surface area (Å²) in [6, 6.07) is 19.6. The van der Waals surface area contributed by atoms with E-state index in [1.165, 1.54) is 47.5 Å². The molecule has 2 aromatic carbocycles. The minimum absolute atomic E-state index is 0.113. The highest BCUT2D eigenvalue weighted by Crippen LogP contribution is 2.69. The van der Waals surface area contributed by atoms with E-state index in [2.05, 4.69) is 107 Å². The maximum atomic E-state index is 13.0. The van der Waals surface area contributed by atoms with Gasteiger partial charge in [0, 0.05) is 73.1 Å².